The highest BCUT2D eigenvalue weighted by molar-refractivity contribution is 7.88. The number of hydrogen-bond acceptors (Lipinski definition) is 5. The summed E-state index contributed by atoms with van der Waals surface area (Å²) >= 11 is 0. The third-order valence-electron chi connectivity index (χ3n) is 4.93. The van der Waals surface area contributed by atoms with E-state index < -0.39 is 10.0 Å². The Morgan fingerprint density at radius 3 is 2.37 bits per heavy atom. The van der Waals surface area contributed by atoms with Gasteiger partial charge in [0.1, 0.15) is 5.76 Å². The second kappa shape index (κ2) is 8.46. The van der Waals surface area contributed by atoms with Gasteiger partial charge in [-0.15, -0.1) is 0 Å². The quantitative estimate of drug-likeness (QED) is 0.726. The maximum absolute atomic E-state index is 12.2. The Morgan fingerprint density at radius 2 is 1.67 bits per heavy atom. The van der Waals surface area contributed by atoms with E-state index in [1.807, 2.05) is 7.05 Å². The molecule has 0 bridgehead atoms. The van der Waals surface area contributed by atoms with Crippen molar-refractivity contribution >= 4 is 15.7 Å². The average molecular weight is 392 g/mol. The smallest absolute Gasteiger partial charge is 0.275 e. The zero-order valence-corrected chi connectivity index (χ0v) is 17.2. The van der Waals surface area contributed by atoms with E-state index in [4.69, 9.17) is 4.42 Å². The molecule has 0 spiro atoms. The first-order valence-corrected chi connectivity index (χ1v) is 10.8. The zero-order chi connectivity index (χ0) is 19.4. The molecule has 148 valence electrons. The summed E-state index contributed by atoms with van der Waals surface area (Å²) in [5.41, 5.74) is 2.59. The Kier molecular flexibility index (Phi) is 6.24. The normalized spacial score (nSPS) is 15.7. The van der Waals surface area contributed by atoms with Gasteiger partial charge in [-0.25, -0.2) is 12.7 Å². The van der Waals surface area contributed by atoms with Crippen LogP contribution in [0.4, 0.5) is 5.69 Å². The molecule has 27 heavy (non-hydrogen) atoms. The van der Waals surface area contributed by atoms with Gasteiger partial charge in [-0.05, 0) is 50.1 Å². The van der Waals surface area contributed by atoms with Crippen molar-refractivity contribution in [2.24, 2.45) is 0 Å². The van der Waals surface area contributed by atoms with Crippen molar-refractivity contribution in [3.05, 3.63) is 47.7 Å². The third kappa shape index (κ3) is 4.72. The van der Waals surface area contributed by atoms with Gasteiger partial charge in [-0.2, -0.15) is 0 Å². The highest BCUT2D eigenvalue weighted by Crippen LogP contribution is 2.26. The van der Waals surface area contributed by atoms with Crippen molar-refractivity contribution in [2.75, 3.05) is 39.1 Å². The van der Waals surface area contributed by atoms with E-state index in [1.54, 1.807) is 6.07 Å². The molecule has 0 atom stereocenters. The van der Waals surface area contributed by atoms with Crippen LogP contribution in [0.1, 0.15) is 30.6 Å². The summed E-state index contributed by atoms with van der Waals surface area (Å²) in [4.78, 5) is 4.62. The molecule has 6 nitrogen and oxygen atoms in total. The minimum Gasteiger partial charge on any atom is -0.447 e. The number of hydrogen-bond donors (Lipinski definition) is 0. The predicted molar refractivity (Wildman–Crippen MR) is 107 cm³/mol. The molecule has 2 heterocycles. The van der Waals surface area contributed by atoms with E-state index in [-0.39, 0.29) is 5.09 Å². The van der Waals surface area contributed by atoms with Gasteiger partial charge in [0.25, 0.3) is 10.0 Å². The molecule has 1 aliphatic heterocycles. The van der Waals surface area contributed by atoms with Crippen molar-refractivity contribution in [3.63, 3.8) is 0 Å². The predicted octanol–water partition coefficient (Wildman–Crippen LogP) is 3.15. The van der Waals surface area contributed by atoms with Gasteiger partial charge in [0.05, 0.1) is 6.54 Å². The van der Waals surface area contributed by atoms with E-state index >= 15 is 0 Å². The van der Waals surface area contributed by atoms with Gasteiger partial charge >= 0.3 is 0 Å². The Balaban J connectivity index is 1.68. The summed E-state index contributed by atoms with van der Waals surface area (Å²) in [6.45, 7) is 3.57. The molecule has 2 aromatic rings. The van der Waals surface area contributed by atoms with Crippen LogP contribution in [0.3, 0.4) is 0 Å². The molecule has 0 aliphatic carbocycles. The van der Waals surface area contributed by atoms with Crippen molar-refractivity contribution in [1.82, 2.24) is 9.21 Å². The van der Waals surface area contributed by atoms with Crippen LogP contribution in [0.15, 0.2) is 45.9 Å². The fourth-order valence-corrected chi connectivity index (χ4v) is 4.27. The van der Waals surface area contributed by atoms with Crippen molar-refractivity contribution in [3.8, 4) is 0 Å². The Bertz CT molecular complexity index is 855. The van der Waals surface area contributed by atoms with Crippen LogP contribution >= 0.6 is 0 Å². The van der Waals surface area contributed by atoms with E-state index in [2.05, 4.69) is 34.1 Å². The van der Waals surface area contributed by atoms with Crippen molar-refractivity contribution in [1.29, 1.82) is 0 Å². The highest BCUT2D eigenvalue weighted by Gasteiger charge is 2.22. The number of anilines is 1. The SMILES string of the molecule is CN(Cc1ccc(S(=O)(=O)N(C)C)o1)Cc1ccccc1N1CCCCC1. The first-order chi connectivity index (χ1) is 12.9. The monoisotopic (exact) mass is 391 g/mol. The Labute approximate surface area is 162 Å². The number of benzene rings is 1. The average Bonchev–Trinajstić information content (AvgIpc) is 3.12. The summed E-state index contributed by atoms with van der Waals surface area (Å²) in [7, 11) is 1.50. The van der Waals surface area contributed by atoms with Gasteiger partial charge in [0.15, 0.2) is 0 Å². The molecular weight excluding hydrogens is 362 g/mol. The molecule has 0 N–H and O–H groups in total. The molecule has 3 rings (SSSR count). The minimum absolute atomic E-state index is 0.00961. The molecule has 1 aromatic heterocycles. The number of piperidine rings is 1. The molecule has 0 unspecified atom stereocenters. The van der Waals surface area contributed by atoms with Crippen molar-refractivity contribution < 1.29 is 12.8 Å². The van der Waals surface area contributed by atoms with Crippen LogP contribution in [0.2, 0.25) is 0 Å². The molecule has 1 fully saturated rings. The lowest BCUT2D eigenvalue weighted by molar-refractivity contribution is 0.274. The topological polar surface area (TPSA) is 57.0 Å². The molecule has 0 amide bonds. The fourth-order valence-electron chi connectivity index (χ4n) is 3.46. The van der Waals surface area contributed by atoms with Gasteiger partial charge in [-0.1, -0.05) is 18.2 Å². The second-order valence-corrected chi connectivity index (χ2v) is 9.44. The molecule has 0 saturated carbocycles. The van der Waals surface area contributed by atoms with Crippen LogP contribution < -0.4 is 4.90 Å². The van der Waals surface area contributed by atoms with Crippen LogP contribution in [-0.4, -0.2) is 51.9 Å². The van der Waals surface area contributed by atoms with Crippen LogP contribution in [0, 0.1) is 0 Å². The highest BCUT2D eigenvalue weighted by atomic mass is 32.2. The van der Waals surface area contributed by atoms with E-state index in [1.165, 1.54) is 50.7 Å². The lowest BCUT2D eigenvalue weighted by Crippen LogP contribution is -2.31. The molecule has 1 aliphatic rings. The third-order valence-corrected chi connectivity index (χ3v) is 6.62. The van der Waals surface area contributed by atoms with Crippen LogP contribution in [-0.2, 0) is 23.1 Å². The van der Waals surface area contributed by atoms with E-state index in [0.717, 1.165) is 23.9 Å². The largest absolute Gasteiger partial charge is 0.447 e. The molecule has 1 aromatic carbocycles. The maximum Gasteiger partial charge on any atom is 0.275 e. The fraction of sp³-hybridized carbons (Fsp3) is 0.500. The number of rotatable bonds is 7. The maximum atomic E-state index is 12.2. The lowest BCUT2D eigenvalue weighted by Gasteiger charge is -2.31. The lowest BCUT2D eigenvalue weighted by atomic mass is 10.1. The molecule has 1 saturated heterocycles. The van der Waals surface area contributed by atoms with Gasteiger partial charge in [0.2, 0.25) is 5.09 Å². The molecular formula is C20H29N3O3S. The summed E-state index contributed by atoms with van der Waals surface area (Å²) in [6, 6.07) is 11.8. The minimum atomic E-state index is -3.53. The number of nitrogens with zero attached hydrogens (tertiary/aromatic N) is 3. The Morgan fingerprint density at radius 1 is 0.963 bits per heavy atom. The van der Waals surface area contributed by atoms with E-state index in [9.17, 15) is 8.42 Å². The van der Waals surface area contributed by atoms with Crippen molar-refractivity contribution in [2.45, 2.75) is 37.4 Å². The number of sulfonamides is 1. The summed E-state index contributed by atoms with van der Waals surface area (Å²) < 4.78 is 31.1. The van der Waals surface area contributed by atoms with Gasteiger partial charge in [-0.3, -0.25) is 4.90 Å². The van der Waals surface area contributed by atoms with E-state index in [0.29, 0.717) is 12.3 Å². The number of para-hydroxylation sites is 1. The second-order valence-electron chi connectivity index (χ2n) is 7.36. The van der Waals surface area contributed by atoms with Gasteiger partial charge < -0.3 is 9.32 Å². The number of furan rings is 1. The standard InChI is InChI=1S/C20H29N3O3S/c1-21(2)27(24,25)20-12-11-18(26-20)16-22(3)15-17-9-5-6-10-19(17)23-13-7-4-8-14-23/h5-6,9-12H,4,7-8,13-16H2,1-3H3. The van der Waals surface area contributed by atoms with Crippen LogP contribution in [0.25, 0.3) is 0 Å². The first kappa shape index (κ1) is 19.9. The Hall–Kier alpha value is -1.83. The van der Waals surface area contributed by atoms with Gasteiger partial charge in [0, 0.05) is 39.4 Å². The van der Waals surface area contributed by atoms with Crippen LogP contribution in [0.5, 0.6) is 0 Å². The zero-order valence-electron chi connectivity index (χ0n) is 16.4. The molecule has 7 heteroatoms. The molecule has 0 radical (unpaired) electrons. The first-order valence-electron chi connectivity index (χ1n) is 9.40. The summed E-state index contributed by atoms with van der Waals surface area (Å²) in [5, 5.41) is -0.00961. The summed E-state index contributed by atoms with van der Waals surface area (Å²) in [6.07, 6.45) is 3.81. The summed E-state index contributed by atoms with van der Waals surface area (Å²) in [5.74, 6) is 0.647.